The smallest absolute Gasteiger partial charge is 0.272 e. The molecule has 5 heteroatoms. The van der Waals surface area contributed by atoms with Gasteiger partial charge >= 0.3 is 0 Å². The van der Waals surface area contributed by atoms with Crippen molar-refractivity contribution in [3.8, 4) is 0 Å². The SMILES string of the molecule is NN=C(Cc1ccccc1[N+](=O)[O-])c1ccccc1. The summed E-state index contributed by atoms with van der Waals surface area (Å²) in [5, 5.41) is 14.7. The van der Waals surface area contributed by atoms with Gasteiger partial charge in [-0.15, -0.1) is 0 Å². The van der Waals surface area contributed by atoms with E-state index in [1.807, 2.05) is 30.3 Å². The molecule has 0 unspecified atom stereocenters. The third-order valence-corrected chi connectivity index (χ3v) is 2.81. The number of nitrogens with zero attached hydrogens (tertiary/aromatic N) is 2. The molecule has 0 saturated heterocycles. The van der Waals surface area contributed by atoms with Crippen molar-refractivity contribution in [1.29, 1.82) is 0 Å². The molecule has 96 valence electrons. The van der Waals surface area contributed by atoms with Crippen molar-refractivity contribution in [2.75, 3.05) is 0 Å². The number of hydrazone groups is 1. The summed E-state index contributed by atoms with van der Waals surface area (Å²) in [7, 11) is 0. The summed E-state index contributed by atoms with van der Waals surface area (Å²) in [6.07, 6.45) is 0.331. The van der Waals surface area contributed by atoms with E-state index < -0.39 is 4.92 Å². The average Bonchev–Trinajstić information content (AvgIpc) is 2.46. The van der Waals surface area contributed by atoms with Crippen LogP contribution in [0.4, 0.5) is 5.69 Å². The molecule has 0 aromatic heterocycles. The zero-order chi connectivity index (χ0) is 13.7. The van der Waals surface area contributed by atoms with Gasteiger partial charge in [-0.2, -0.15) is 5.10 Å². The normalized spacial score (nSPS) is 11.3. The van der Waals surface area contributed by atoms with Crippen molar-refractivity contribution in [2.45, 2.75) is 6.42 Å². The Bertz CT molecular complexity index is 609. The van der Waals surface area contributed by atoms with Crippen LogP contribution in [-0.2, 0) is 6.42 Å². The van der Waals surface area contributed by atoms with Crippen molar-refractivity contribution in [3.05, 3.63) is 75.8 Å². The van der Waals surface area contributed by atoms with Gasteiger partial charge in [-0.1, -0.05) is 48.5 Å². The van der Waals surface area contributed by atoms with Crippen LogP contribution in [0.1, 0.15) is 11.1 Å². The summed E-state index contributed by atoms with van der Waals surface area (Å²) >= 11 is 0. The lowest BCUT2D eigenvalue weighted by Gasteiger charge is -2.06. The Kier molecular flexibility index (Phi) is 3.87. The minimum Gasteiger partial charge on any atom is -0.323 e. The molecule has 5 nitrogen and oxygen atoms in total. The van der Waals surface area contributed by atoms with Gasteiger partial charge in [-0.3, -0.25) is 10.1 Å². The van der Waals surface area contributed by atoms with Crippen LogP contribution >= 0.6 is 0 Å². The topological polar surface area (TPSA) is 81.5 Å². The number of nitrogens with two attached hydrogens (primary N) is 1. The molecule has 0 atom stereocenters. The van der Waals surface area contributed by atoms with Gasteiger partial charge in [0.15, 0.2) is 0 Å². The maximum atomic E-state index is 11.0. The first-order valence-corrected chi connectivity index (χ1v) is 5.77. The summed E-state index contributed by atoms with van der Waals surface area (Å²) in [4.78, 5) is 10.6. The fourth-order valence-corrected chi connectivity index (χ4v) is 1.87. The molecule has 2 aromatic rings. The zero-order valence-electron chi connectivity index (χ0n) is 10.2. The second kappa shape index (κ2) is 5.77. The number of benzene rings is 2. The van der Waals surface area contributed by atoms with Crippen molar-refractivity contribution >= 4 is 11.4 Å². The highest BCUT2D eigenvalue weighted by molar-refractivity contribution is 6.02. The largest absolute Gasteiger partial charge is 0.323 e. The molecule has 0 aliphatic carbocycles. The Morgan fingerprint density at radius 1 is 1.11 bits per heavy atom. The van der Waals surface area contributed by atoms with Crippen LogP contribution in [0.15, 0.2) is 59.7 Å². The number of para-hydroxylation sites is 1. The molecular formula is C14H13N3O2. The molecule has 2 aromatic carbocycles. The molecule has 0 aliphatic rings. The van der Waals surface area contributed by atoms with Gasteiger partial charge in [0.25, 0.3) is 5.69 Å². The Morgan fingerprint density at radius 2 is 1.74 bits per heavy atom. The van der Waals surface area contributed by atoms with E-state index in [1.165, 1.54) is 6.07 Å². The summed E-state index contributed by atoms with van der Waals surface area (Å²) in [5.74, 6) is 5.40. The highest BCUT2D eigenvalue weighted by Gasteiger charge is 2.15. The summed E-state index contributed by atoms with van der Waals surface area (Å²) in [6.45, 7) is 0. The standard InChI is InChI=1S/C14H13N3O2/c15-16-13(11-6-2-1-3-7-11)10-12-8-4-5-9-14(12)17(18)19/h1-9H,10,15H2. The molecular weight excluding hydrogens is 242 g/mol. The van der Waals surface area contributed by atoms with E-state index in [2.05, 4.69) is 5.10 Å². The minimum absolute atomic E-state index is 0.0829. The van der Waals surface area contributed by atoms with E-state index in [1.54, 1.807) is 18.2 Å². The molecule has 2 rings (SSSR count). The van der Waals surface area contributed by atoms with E-state index in [9.17, 15) is 10.1 Å². The lowest BCUT2D eigenvalue weighted by molar-refractivity contribution is -0.385. The fraction of sp³-hybridized carbons (Fsp3) is 0.0714. The predicted octanol–water partition coefficient (Wildman–Crippen LogP) is 2.50. The Morgan fingerprint density at radius 3 is 2.37 bits per heavy atom. The van der Waals surface area contributed by atoms with E-state index in [0.717, 1.165) is 5.56 Å². The fourth-order valence-electron chi connectivity index (χ4n) is 1.87. The third-order valence-electron chi connectivity index (χ3n) is 2.81. The molecule has 2 N–H and O–H groups in total. The first-order valence-electron chi connectivity index (χ1n) is 5.77. The number of nitro benzene ring substituents is 1. The van der Waals surface area contributed by atoms with Crippen LogP contribution in [0.2, 0.25) is 0 Å². The van der Waals surface area contributed by atoms with Crippen LogP contribution in [0, 0.1) is 10.1 Å². The third kappa shape index (κ3) is 2.95. The lowest BCUT2D eigenvalue weighted by atomic mass is 10.0. The highest BCUT2D eigenvalue weighted by Crippen LogP contribution is 2.19. The van der Waals surface area contributed by atoms with Crippen molar-refractivity contribution in [2.24, 2.45) is 10.9 Å². The molecule has 0 radical (unpaired) electrons. The summed E-state index contributed by atoms with van der Waals surface area (Å²) < 4.78 is 0. The van der Waals surface area contributed by atoms with E-state index in [-0.39, 0.29) is 5.69 Å². The number of hydrogen-bond donors (Lipinski definition) is 1. The Labute approximate surface area is 110 Å². The van der Waals surface area contributed by atoms with E-state index >= 15 is 0 Å². The maximum Gasteiger partial charge on any atom is 0.272 e. The van der Waals surface area contributed by atoms with Gasteiger partial charge in [0, 0.05) is 18.1 Å². The number of rotatable bonds is 4. The van der Waals surface area contributed by atoms with Gasteiger partial charge in [0.1, 0.15) is 0 Å². The van der Waals surface area contributed by atoms with Crippen LogP contribution in [-0.4, -0.2) is 10.6 Å². The average molecular weight is 255 g/mol. The second-order valence-electron chi connectivity index (χ2n) is 4.00. The van der Waals surface area contributed by atoms with Gasteiger partial charge < -0.3 is 5.84 Å². The second-order valence-corrected chi connectivity index (χ2v) is 4.00. The first kappa shape index (κ1) is 12.8. The van der Waals surface area contributed by atoms with Crippen LogP contribution in [0.25, 0.3) is 0 Å². The van der Waals surface area contributed by atoms with Crippen molar-refractivity contribution in [3.63, 3.8) is 0 Å². The first-order chi connectivity index (χ1) is 9.22. The molecule has 0 saturated carbocycles. The molecule has 0 aliphatic heterocycles. The molecule has 0 fully saturated rings. The van der Waals surface area contributed by atoms with Crippen LogP contribution in [0.3, 0.4) is 0 Å². The molecule has 0 bridgehead atoms. The van der Waals surface area contributed by atoms with Gasteiger partial charge in [-0.25, -0.2) is 0 Å². The number of nitro groups is 1. The van der Waals surface area contributed by atoms with Gasteiger partial charge in [-0.05, 0) is 5.56 Å². The Balaban J connectivity index is 2.33. The highest BCUT2D eigenvalue weighted by atomic mass is 16.6. The Hall–Kier alpha value is -2.69. The van der Waals surface area contributed by atoms with Crippen molar-refractivity contribution in [1.82, 2.24) is 0 Å². The van der Waals surface area contributed by atoms with Crippen LogP contribution in [0.5, 0.6) is 0 Å². The molecule has 0 spiro atoms. The minimum atomic E-state index is -0.394. The lowest BCUT2D eigenvalue weighted by Crippen LogP contribution is -2.09. The van der Waals surface area contributed by atoms with Gasteiger partial charge in [0.2, 0.25) is 0 Å². The van der Waals surface area contributed by atoms with Crippen LogP contribution < -0.4 is 5.84 Å². The van der Waals surface area contributed by atoms with Gasteiger partial charge in [0.05, 0.1) is 10.6 Å². The summed E-state index contributed by atoms with van der Waals surface area (Å²) in [6, 6.07) is 16.0. The maximum absolute atomic E-state index is 11.0. The van der Waals surface area contributed by atoms with Crippen molar-refractivity contribution < 1.29 is 4.92 Å². The zero-order valence-corrected chi connectivity index (χ0v) is 10.2. The quantitative estimate of drug-likeness (QED) is 0.394. The van der Waals surface area contributed by atoms with E-state index in [4.69, 9.17) is 5.84 Å². The van der Waals surface area contributed by atoms with E-state index in [0.29, 0.717) is 17.7 Å². The molecule has 0 amide bonds. The summed E-state index contributed by atoms with van der Waals surface area (Å²) in [5.41, 5.74) is 2.16. The molecule has 0 heterocycles. The predicted molar refractivity (Wildman–Crippen MR) is 74.0 cm³/mol. The molecule has 19 heavy (non-hydrogen) atoms. The number of hydrogen-bond acceptors (Lipinski definition) is 4. The monoisotopic (exact) mass is 255 g/mol.